The van der Waals surface area contributed by atoms with Gasteiger partial charge in [0.2, 0.25) is 0 Å². The van der Waals surface area contributed by atoms with Gasteiger partial charge in [-0.25, -0.2) is 9.59 Å². The van der Waals surface area contributed by atoms with Crippen molar-refractivity contribution in [3.8, 4) is 5.75 Å². The molecule has 0 aliphatic heterocycles. The summed E-state index contributed by atoms with van der Waals surface area (Å²) in [4.78, 5) is 24.2. The smallest absolute Gasteiger partial charge is 0.420 e. The molecule has 0 unspecified atom stereocenters. The molecule has 0 saturated heterocycles. The summed E-state index contributed by atoms with van der Waals surface area (Å²) < 4.78 is 12.7. The molecular formula is C19H12BrNO4. The Morgan fingerprint density at radius 2 is 1.80 bits per heavy atom. The molecule has 6 heteroatoms. The van der Waals surface area contributed by atoms with Crippen LogP contribution >= 0.6 is 15.9 Å². The highest BCUT2D eigenvalue weighted by atomic mass is 79.9. The number of carbonyl (C=O) groups is 1. The molecular weight excluding hydrogens is 386 g/mol. The van der Waals surface area contributed by atoms with Crippen LogP contribution < -0.4 is 10.5 Å². The van der Waals surface area contributed by atoms with Crippen LogP contribution in [0.5, 0.6) is 5.75 Å². The van der Waals surface area contributed by atoms with Crippen molar-refractivity contribution in [2.75, 3.05) is 0 Å². The predicted molar refractivity (Wildman–Crippen MR) is 97.8 cm³/mol. The highest BCUT2D eigenvalue weighted by Crippen LogP contribution is 2.24. The number of rotatable bonds is 3. The summed E-state index contributed by atoms with van der Waals surface area (Å²) in [6.07, 6.45) is 0. The number of carbonyl (C=O) groups excluding carboxylic acids is 1. The molecule has 1 heterocycles. The Balaban J connectivity index is 1.58. The molecule has 0 radical (unpaired) electrons. The van der Waals surface area contributed by atoms with Crippen molar-refractivity contribution < 1.29 is 13.9 Å². The van der Waals surface area contributed by atoms with E-state index in [0.29, 0.717) is 16.8 Å². The molecule has 0 fully saturated rings. The molecule has 3 aromatic carbocycles. The second kappa shape index (κ2) is 6.22. The standard InChI is InChI=1S/C19H12BrNO4/c20-14-7-5-13-10-15(8-6-12(13)9-14)24-18(22)11-21-16-3-1-2-4-17(16)25-19(21)23/h1-10H,11H2. The number of para-hydroxylation sites is 2. The van der Waals surface area contributed by atoms with Gasteiger partial charge in [0, 0.05) is 4.47 Å². The fourth-order valence-corrected chi connectivity index (χ4v) is 3.09. The van der Waals surface area contributed by atoms with E-state index in [1.54, 1.807) is 36.4 Å². The van der Waals surface area contributed by atoms with Gasteiger partial charge in [-0.2, -0.15) is 0 Å². The average molecular weight is 398 g/mol. The first kappa shape index (κ1) is 15.7. The van der Waals surface area contributed by atoms with Crippen LogP contribution in [0.1, 0.15) is 0 Å². The lowest BCUT2D eigenvalue weighted by Crippen LogP contribution is -2.23. The third-order valence-electron chi connectivity index (χ3n) is 3.87. The van der Waals surface area contributed by atoms with Gasteiger partial charge in [0.05, 0.1) is 5.52 Å². The Morgan fingerprint density at radius 1 is 1.04 bits per heavy atom. The maximum atomic E-state index is 12.2. The Morgan fingerprint density at radius 3 is 2.68 bits per heavy atom. The van der Waals surface area contributed by atoms with Crippen molar-refractivity contribution in [1.29, 1.82) is 0 Å². The molecule has 0 saturated carbocycles. The van der Waals surface area contributed by atoms with Gasteiger partial charge in [0.15, 0.2) is 5.58 Å². The van der Waals surface area contributed by atoms with Gasteiger partial charge in [0.25, 0.3) is 0 Å². The van der Waals surface area contributed by atoms with Gasteiger partial charge >= 0.3 is 11.7 Å². The van der Waals surface area contributed by atoms with Crippen molar-refractivity contribution >= 4 is 43.8 Å². The first-order valence-electron chi connectivity index (χ1n) is 7.58. The maximum Gasteiger partial charge on any atom is 0.420 e. The molecule has 25 heavy (non-hydrogen) atoms. The van der Waals surface area contributed by atoms with Crippen LogP contribution in [0.2, 0.25) is 0 Å². The normalized spacial score (nSPS) is 11.1. The molecule has 0 aliphatic rings. The topological polar surface area (TPSA) is 61.4 Å². The summed E-state index contributed by atoms with van der Waals surface area (Å²) in [6, 6.07) is 18.2. The molecule has 0 aliphatic carbocycles. The van der Waals surface area contributed by atoms with Crippen molar-refractivity contribution in [3.63, 3.8) is 0 Å². The Labute approximate surface area is 150 Å². The third-order valence-corrected chi connectivity index (χ3v) is 4.36. The maximum absolute atomic E-state index is 12.2. The number of nitrogens with zero attached hydrogens (tertiary/aromatic N) is 1. The van der Waals surface area contributed by atoms with E-state index in [4.69, 9.17) is 9.15 Å². The number of oxazole rings is 1. The Kier molecular flexibility index (Phi) is 3.89. The highest BCUT2D eigenvalue weighted by Gasteiger charge is 2.14. The van der Waals surface area contributed by atoms with E-state index in [9.17, 15) is 9.59 Å². The number of fused-ring (bicyclic) bond motifs is 2. The van der Waals surface area contributed by atoms with E-state index in [2.05, 4.69) is 15.9 Å². The second-order valence-corrected chi connectivity index (χ2v) is 6.46. The Bertz CT molecular complexity index is 1160. The molecule has 0 spiro atoms. The number of aromatic nitrogens is 1. The lowest BCUT2D eigenvalue weighted by atomic mass is 10.1. The molecule has 4 aromatic rings. The number of ether oxygens (including phenoxy) is 1. The van der Waals surface area contributed by atoms with Crippen LogP contribution in [0.15, 0.2) is 74.3 Å². The van der Waals surface area contributed by atoms with E-state index in [0.717, 1.165) is 15.2 Å². The largest absolute Gasteiger partial charge is 0.425 e. The number of halogens is 1. The molecule has 4 rings (SSSR count). The van der Waals surface area contributed by atoms with E-state index in [1.165, 1.54) is 4.57 Å². The summed E-state index contributed by atoms with van der Waals surface area (Å²) in [6.45, 7) is -0.214. The summed E-state index contributed by atoms with van der Waals surface area (Å²) >= 11 is 3.42. The SMILES string of the molecule is O=C(Cn1c(=O)oc2ccccc21)Oc1ccc2cc(Br)ccc2c1. The van der Waals surface area contributed by atoms with Gasteiger partial charge in [-0.1, -0.05) is 40.2 Å². The number of benzene rings is 3. The lowest BCUT2D eigenvalue weighted by Gasteiger charge is -2.06. The summed E-state index contributed by atoms with van der Waals surface area (Å²) in [5.41, 5.74) is 1.00. The van der Waals surface area contributed by atoms with Crippen LogP contribution in [0.25, 0.3) is 21.9 Å². The van der Waals surface area contributed by atoms with Crippen LogP contribution in [-0.4, -0.2) is 10.5 Å². The molecule has 0 amide bonds. The first-order chi connectivity index (χ1) is 12.1. The molecule has 0 atom stereocenters. The van der Waals surface area contributed by atoms with Crippen LogP contribution in [0.4, 0.5) is 0 Å². The first-order valence-corrected chi connectivity index (χ1v) is 8.38. The second-order valence-electron chi connectivity index (χ2n) is 5.55. The molecule has 0 bridgehead atoms. The van der Waals surface area contributed by atoms with Gasteiger partial charge in [-0.3, -0.25) is 4.57 Å². The van der Waals surface area contributed by atoms with Crippen molar-refractivity contribution in [1.82, 2.24) is 4.57 Å². The monoisotopic (exact) mass is 397 g/mol. The number of hydrogen-bond donors (Lipinski definition) is 0. The number of hydrogen-bond acceptors (Lipinski definition) is 4. The van der Waals surface area contributed by atoms with E-state index in [1.807, 2.05) is 24.3 Å². The summed E-state index contributed by atoms with van der Waals surface area (Å²) in [5.74, 6) is -0.688. The minimum Gasteiger partial charge on any atom is -0.425 e. The van der Waals surface area contributed by atoms with Crippen LogP contribution in [0.3, 0.4) is 0 Å². The summed E-state index contributed by atoms with van der Waals surface area (Å²) in [7, 11) is 0. The van der Waals surface area contributed by atoms with Crippen LogP contribution in [0, 0.1) is 0 Å². The van der Waals surface area contributed by atoms with Crippen molar-refractivity contribution in [2.45, 2.75) is 6.54 Å². The van der Waals surface area contributed by atoms with Gasteiger partial charge in [-0.05, 0) is 47.2 Å². The van der Waals surface area contributed by atoms with E-state index < -0.39 is 11.7 Å². The van der Waals surface area contributed by atoms with Gasteiger partial charge < -0.3 is 9.15 Å². The Hall–Kier alpha value is -2.86. The average Bonchev–Trinajstić information content (AvgIpc) is 2.91. The minimum atomic E-state index is -0.582. The molecule has 0 N–H and O–H groups in total. The van der Waals surface area contributed by atoms with E-state index >= 15 is 0 Å². The number of esters is 1. The quantitative estimate of drug-likeness (QED) is 0.385. The zero-order valence-electron chi connectivity index (χ0n) is 12.9. The molecule has 124 valence electrons. The lowest BCUT2D eigenvalue weighted by molar-refractivity contribution is -0.135. The predicted octanol–water partition coefficient (Wildman–Crippen LogP) is 4.12. The molecule has 5 nitrogen and oxygen atoms in total. The zero-order chi connectivity index (χ0) is 17.4. The third kappa shape index (κ3) is 3.08. The summed E-state index contributed by atoms with van der Waals surface area (Å²) in [5, 5.41) is 1.99. The van der Waals surface area contributed by atoms with Crippen molar-refractivity contribution in [3.05, 3.63) is 75.7 Å². The van der Waals surface area contributed by atoms with Gasteiger partial charge in [-0.15, -0.1) is 0 Å². The fourth-order valence-electron chi connectivity index (χ4n) is 2.71. The zero-order valence-corrected chi connectivity index (χ0v) is 14.5. The molecule has 1 aromatic heterocycles. The minimum absolute atomic E-state index is 0.214. The fraction of sp³-hybridized carbons (Fsp3) is 0.0526. The van der Waals surface area contributed by atoms with Crippen molar-refractivity contribution in [2.24, 2.45) is 0 Å². The van der Waals surface area contributed by atoms with Gasteiger partial charge in [0.1, 0.15) is 12.3 Å². The van der Waals surface area contributed by atoms with Crippen LogP contribution in [-0.2, 0) is 11.3 Å². The highest BCUT2D eigenvalue weighted by molar-refractivity contribution is 9.10. The van der Waals surface area contributed by atoms with E-state index in [-0.39, 0.29) is 6.54 Å².